The fourth-order valence-electron chi connectivity index (χ4n) is 2.05. The lowest BCUT2D eigenvalue weighted by Crippen LogP contribution is -2.11. The predicted molar refractivity (Wildman–Crippen MR) is 93.3 cm³/mol. The fraction of sp³-hybridized carbons (Fsp3) is 0.118. The van der Waals surface area contributed by atoms with Crippen LogP contribution >= 0.6 is 22.9 Å². The molecule has 1 N–H and O–H groups in total. The van der Waals surface area contributed by atoms with Crippen molar-refractivity contribution in [3.05, 3.63) is 75.5 Å². The highest BCUT2D eigenvalue weighted by Crippen LogP contribution is 2.24. The SMILES string of the molecule is Cc1ccc(C(=O)Nc2ncc(Cc3ccccc3Cl)s2)cn1. The van der Waals surface area contributed by atoms with Gasteiger partial charge in [-0.1, -0.05) is 29.8 Å². The topological polar surface area (TPSA) is 54.9 Å². The van der Waals surface area contributed by atoms with Crippen LogP contribution in [0.5, 0.6) is 0 Å². The number of nitrogens with one attached hydrogen (secondary N) is 1. The van der Waals surface area contributed by atoms with Gasteiger partial charge in [-0.05, 0) is 30.7 Å². The zero-order valence-electron chi connectivity index (χ0n) is 12.4. The number of hydrogen-bond acceptors (Lipinski definition) is 4. The fourth-order valence-corrected chi connectivity index (χ4v) is 3.08. The minimum absolute atomic E-state index is 0.212. The second-order valence-electron chi connectivity index (χ2n) is 5.04. The zero-order valence-corrected chi connectivity index (χ0v) is 14.0. The second-order valence-corrected chi connectivity index (χ2v) is 6.56. The van der Waals surface area contributed by atoms with E-state index in [1.807, 2.05) is 31.2 Å². The molecule has 0 bridgehead atoms. The van der Waals surface area contributed by atoms with Gasteiger partial charge < -0.3 is 0 Å². The van der Waals surface area contributed by atoms with Crippen molar-refractivity contribution in [3.63, 3.8) is 0 Å². The molecule has 0 saturated heterocycles. The van der Waals surface area contributed by atoms with Gasteiger partial charge in [0.05, 0.1) is 5.56 Å². The highest BCUT2D eigenvalue weighted by molar-refractivity contribution is 7.15. The average molecular weight is 344 g/mol. The Morgan fingerprint density at radius 1 is 1.17 bits per heavy atom. The molecule has 4 nitrogen and oxygen atoms in total. The van der Waals surface area contributed by atoms with Crippen molar-refractivity contribution in [2.24, 2.45) is 0 Å². The molecule has 0 saturated carbocycles. The molecule has 0 unspecified atom stereocenters. The lowest BCUT2D eigenvalue weighted by molar-refractivity contribution is 0.102. The van der Waals surface area contributed by atoms with E-state index in [-0.39, 0.29) is 5.91 Å². The molecule has 6 heteroatoms. The maximum atomic E-state index is 12.1. The van der Waals surface area contributed by atoms with Crippen molar-refractivity contribution in [1.82, 2.24) is 9.97 Å². The lowest BCUT2D eigenvalue weighted by atomic mass is 10.1. The maximum Gasteiger partial charge on any atom is 0.259 e. The first kappa shape index (κ1) is 15.6. The number of thiazole rings is 1. The van der Waals surface area contributed by atoms with Gasteiger partial charge in [-0.15, -0.1) is 11.3 Å². The number of carbonyl (C=O) groups excluding carboxylic acids is 1. The minimum Gasteiger partial charge on any atom is -0.298 e. The standard InChI is InChI=1S/C17H14ClN3OS/c1-11-6-7-13(9-19-11)16(22)21-17-20-10-14(23-17)8-12-4-2-3-5-15(12)18/h2-7,9-10H,8H2,1H3,(H,20,21,22). The Labute approximate surface area is 143 Å². The molecule has 0 radical (unpaired) electrons. The summed E-state index contributed by atoms with van der Waals surface area (Å²) in [5, 5.41) is 4.09. The van der Waals surface area contributed by atoms with E-state index in [0.717, 1.165) is 21.2 Å². The van der Waals surface area contributed by atoms with Gasteiger partial charge in [-0.25, -0.2) is 4.98 Å². The van der Waals surface area contributed by atoms with Crippen molar-refractivity contribution in [3.8, 4) is 0 Å². The van der Waals surface area contributed by atoms with E-state index in [0.29, 0.717) is 17.1 Å². The third-order valence-electron chi connectivity index (χ3n) is 3.27. The monoisotopic (exact) mass is 343 g/mol. The summed E-state index contributed by atoms with van der Waals surface area (Å²) in [6, 6.07) is 11.3. The van der Waals surface area contributed by atoms with Crippen LogP contribution in [0.2, 0.25) is 5.02 Å². The van der Waals surface area contributed by atoms with Crippen LogP contribution in [0.15, 0.2) is 48.8 Å². The number of pyridine rings is 1. The highest BCUT2D eigenvalue weighted by atomic mass is 35.5. The Hall–Kier alpha value is -2.24. The first-order valence-electron chi connectivity index (χ1n) is 7.04. The third-order valence-corrected chi connectivity index (χ3v) is 4.55. The number of anilines is 1. The van der Waals surface area contributed by atoms with Crippen LogP contribution in [-0.4, -0.2) is 15.9 Å². The summed E-state index contributed by atoms with van der Waals surface area (Å²) in [5.41, 5.74) is 2.43. The van der Waals surface area contributed by atoms with E-state index >= 15 is 0 Å². The Balaban J connectivity index is 1.68. The molecule has 3 aromatic rings. The molecule has 23 heavy (non-hydrogen) atoms. The van der Waals surface area contributed by atoms with Gasteiger partial charge in [0.2, 0.25) is 0 Å². The quantitative estimate of drug-likeness (QED) is 0.766. The number of aromatic nitrogens is 2. The summed E-state index contributed by atoms with van der Waals surface area (Å²) in [6.07, 6.45) is 4.01. The zero-order chi connectivity index (χ0) is 16.2. The van der Waals surface area contributed by atoms with Crippen molar-refractivity contribution >= 4 is 34.0 Å². The van der Waals surface area contributed by atoms with E-state index in [1.165, 1.54) is 11.3 Å². The van der Waals surface area contributed by atoms with Gasteiger partial charge in [0.25, 0.3) is 5.91 Å². The van der Waals surface area contributed by atoms with Crippen molar-refractivity contribution in [1.29, 1.82) is 0 Å². The summed E-state index contributed by atoms with van der Waals surface area (Å²) in [4.78, 5) is 21.5. The molecule has 2 heterocycles. The number of rotatable bonds is 4. The molecule has 0 fully saturated rings. The van der Waals surface area contributed by atoms with E-state index in [2.05, 4.69) is 15.3 Å². The Kier molecular flexibility index (Phi) is 4.69. The summed E-state index contributed by atoms with van der Waals surface area (Å²) in [7, 11) is 0. The molecular weight excluding hydrogens is 330 g/mol. The lowest BCUT2D eigenvalue weighted by Gasteiger charge is -2.02. The molecule has 0 atom stereocenters. The van der Waals surface area contributed by atoms with Crippen molar-refractivity contribution in [2.75, 3.05) is 5.32 Å². The molecule has 0 spiro atoms. The van der Waals surface area contributed by atoms with Crippen LogP contribution in [0, 0.1) is 6.92 Å². The van der Waals surface area contributed by atoms with E-state index < -0.39 is 0 Å². The number of amides is 1. The Morgan fingerprint density at radius 3 is 2.74 bits per heavy atom. The number of aryl methyl sites for hydroxylation is 1. The highest BCUT2D eigenvalue weighted by Gasteiger charge is 2.10. The van der Waals surface area contributed by atoms with E-state index in [9.17, 15) is 4.79 Å². The minimum atomic E-state index is -0.212. The molecule has 1 aromatic carbocycles. The predicted octanol–water partition coefficient (Wildman–Crippen LogP) is 4.34. The number of benzene rings is 1. The van der Waals surface area contributed by atoms with Gasteiger partial charge >= 0.3 is 0 Å². The van der Waals surface area contributed by atoms with Crippen molar-refractivity contribution in [2.45, 2.75) is 13.3 Å². The maximum absolute atomic E-state index is 12.1. The molecule has 0 aliphatic carbocycles. The van der Waals surface area contributed by atoms with Crippen LogP contribution in [-0.2, 0) is 6.42 Å². The summed E-state index contributed by atoms with van der Waals surface area (Å²) >= 11 is 7.61. The molecule has 116 valence electrons. The second kappa shape index (κ2) is 6.89. The largest absolute Gasteiger partial charge is 0.298 e. The van der Waals surface area contributed by atoms with Gasteiger partial charge in [0.15, 0.2) is 5.13 Å². The van der Waals surface area contributed by atoms with Crippen LogP contribution < -0.4 is 5.32 Å². The Morgan fingerprint density at radius 2 is 2.00 bits per heavy atom. The smallest absolute Gasteiger partial charge is 0.259 e. The first-order chi connectivity index (χ1) is 11.1. The third kappa shape index (κ3) is 3.94. The molecule has 0 aliphatic heterocycles. The van der Waals surface area contributed by atoms with Gasteiger partial charge in [0.1, 0.15) is 0 Å². The summed E-state index contributed by atoms with van der Waals surface area (Å²) in [5.74, 6) is -0.212. The first-order valence-corrected chi connectivity index (χ1v) is 8.23. The van der Waals surface area contributed by atoms with E-state index in [4.69, 9.17) is 11.6 Å². The molecule has 0 aliphatic rings. The Bertz CT molecular complexity index is 830. The molecule has 1 amide bonds. The van der Waals surface area contributed by atoms with Crippen LogP contribution in [0.1, 0.15) is 26.5 Å². The van der Waals surface area contributed by atoms with Crippen molar-refractivity contribution < 1.29 is 4.79 Å². The van der Waals surface area contributed by atoms with Gasteiger partial charge in [-0.3, -0.25) is 15.1 Å². The molecule has 3 rings (SSSR count). The molecular formula is C17H14ClN3OS. The van der Waals surface area contributed by atoms with Gasteiger partial charge in [0, 0.05) is 34.4 Å². The number of hydrogen-bond donors (Lipinski definition) is 1. The van der Waals surface area contributed by atoms with E-state index in [1.54, 1.807) is 24.5 Å². The number of halogens is 1. The van der Waals surface area contributed by atoms with Crippen LogP contribution in [0.25, 0.3) is 0 Å². The summed E-state index contributed by atoms with van der Waals surface area (Å²) < 4.78 is 0. The van der Waals surface area contributed by atoms with Gasteiger partial charge in [-0.2, -0.15) is 0 Å². The normalized spacial score (nSPS) is 10.5. The van der Waals surface area contributed by atoms with Crippen LogP contribution in [0.3, 0.4) is 0 Å². The average Bonchev–Trinajstić information content (AvgIpc) is 2.97. The number of nitrogens with zero attached hydrogens (tertiary/aromatic N) is 2. The summed E-state index contributed by atoms with van der Waals surface area (Å²) in [6.45, 7) is 1.88. The molecule has 2 aromatic heterocycles. The van der Waals surface area contributed by atoms with Crippen LogP contribution in [0.4, 0.5) is 5.13 Å². The number of carbonyl (C=O) groups is 1.